The zero-order valence-corrected chi connectivity index (χ0v) is 13.8. The molecule has 3 heteroatoms. The first kappa shape index (κ1) is 14.6. The van der Waals surface area contributed by atoms with E-state index in [2.05, 4.69) is 45.5 Å². The van der Waals surface area contributed by atoms with Crippen LogP contribution in [0.1, 0.15) is 43.6 Å². The molecule has 0 spiro atoms. The average Bonchev–Trinajstić information content (AvgIpc) is 3.15. The standard InChI is InChI=1S/C17H24BrNO/c1-20-8-7-17(5-6-17)12-19-16-10-14(11-16)13-3-2-4-15(18)9-13/h2-4,9,14,16,19H,5-8,10-12H2,1H3. The van der Waals surface area contributed by atoms with Crippen LogP contribution in [-0.4, -0.2) is 26.3 Å². The van der Waals surface area contributed by atoms with Crippen molar-refractivity contribution in [3.8, 4) is 0 Å². The van der Waals surface area contributed by atoms with E-state index < -0.39 is 0 Å². The van der Waals surface area contributed by atoms with Gasteiger partial charge in [0.1, 0.15) is 0 Å². The molecule has 0 saturated heterocycles. The number of ether oxygens (including phenoxy) is 1. The van der Waals surface area contributed by atoms with E-state index in [0.29, 0.717) is 5.41 Å². The third-order valence-corrected chi connectivity index (χ3v) is 5.51. The second-order valence-corrected chi connectivity index (χ2v) is 7.46. The molecule has 0 aliphatic heterocycles. The molecule has 2 fully saturated rings. The van der Waals surface area contributed by atoms with Gasteiger partial charge in [-0.25, -0.2) is 0 Å². The van der Waals surface area contributed by atoms with Gasteiger partial charge >= 0.3 is 0 Å². The van der Waals surface area contributed by atoms with Gasteiger partial charge in [-0.05, 0) is 61.1 Å². The molecular weight excluding hydrogens is 314 g/mol. The Kier molecular flexibility index (Phi) is 4.49. The Morgan fingerprint density at radius 3 is 2.80 bits per heavy atom. The summed E-state index contributed by atoms with van der Waals surface area (Å²) in [6.07, 6.45) is 6.56. The van der Waals surface area contributed by atoms with Gasteiger partial charge in [0, 0.05) is 30.8 Å². The quantitative estimate of drug-likeness (QED) is 0.808. The van der Waals surface area contributed by atoms with E-state index in [-0.39, 0.29) is 0 Å². The van der Waals surface area contributed by atoms with Crippen LogP contribution >= 0.6 is 15.9 Å². The second-order valence-electron chi connectivity index (χ2n) is 6.54. The first-order chi connectivity index (χ1) is 9.71. The van der Waals surface area contributed by atoms with E-state index in [0.717, 1.165) is 18.6 Å². The fraction of sp³-hybridized carbons (Fsp3) is 0.647. The molecule has 20 heavy (non-hydrogen) atoms. The molecule has 110 valence electrons. The summed E-state index contributed by atoms with van der Waals surface area (Å²) in [6.45, 7) is 2.10. The van der Waals surface area contributed by atoms with Gasteiger partial charge in [-0.3, -0.25) is 0 Å². The molecule has 0 radical (unpaired) electrons. The van der Waals surface area contributed by atoms with Crippen molar-refractivity contribution >= 4 is 15.9 Å². The van der Waals surface area contributed by atoms with Gasteiger partial charge in [-0.2, -0.15) is 0 Å². The molecule has 2 aliphatic carbocycles. The summed E-state index contributed by atoms with van der Waals surface area (Å²) < 4.78 is 6.42. The van der Waals surface area contributed by atoms with Crippen molar-refractivity contribution in [2.75, 3.05) is 20.3 Å². The lowest BCUT2D eigenvalue weighted by Gasteiger charge is -2.37. The number of hydrogen-bond acceptors (Lipinski definition) is 2. The van der Waals surface area contributed by atoms with Crippen molar-refractivity contribution in [3.05, 3.63) is 34.3 Å². The Morgan fingerprint density at radius 1 is 1.35 bits per heavy atom. The summed E-state index contributed by atoms with van der Waals surface area (Å²) in [6, 6.07) is 9.49. The highest BCUT2D eigenvalue weighted by atomic mass is 79.9. The molecule has 3 rings (SSSR count). The van der Waals surface area contributed by atoms with Crippen molar-refractivity contribution in [2.45, 2.75) is 44.1 Å². The van der Waals surface area contributed by atoms with Crippen LogP contribution in [0.4, 0.5) is 0 Å². The van der Waals surface area contributed by atoms with Gasteiger partial charge in [0.2, 0.25) is 0 Å². The van der Waals surface area contributed by atoms with E-state index >= 15 is 0 Å². The second kappa shape index (κ2) is 6.17. The van der Waals surface area contributed by atoms with Crippen LogP contribution in [0.3, 0.4) is 0 Å². The zero-order chi connectivity index (χ0) is 14.0. The minimum Gasteiger partial charge on any atom is -0.385 e. The van der Waals surface area contributed by atoms with Crippen LogP contribution in [0.5, 0.6) is 0 Å². The van der Waals surface area contributed by atoms with E-state index in [4.69, 9.17) is 4.74 Å². The molecule has 2 nitrogen and oxygen atoms in total. The summed E-state index contributed by atoms with van der Waals surface area (Å²) in [5, 5.41) is 3.78. The van der Waals surface area contributed by atoms with Crippen LogP contribution < -0.4 is 5.32 Å². The topological polar surface area (TPSA) is 21.3 Å². The minimum atomic E-state index is 0.566. The largest absolute Gasteiger partial charge is 0.385 e. The van der Waals surface area contributed by atoms with Crippen molar-refractivity contribution in [2.24, 2.45) is 5.41 Å². The fourth-order valence-electron chi connectivity index (χ4n) is 3.19. The molecule has 1 aromatic carbocycles. The summed E-state index contributed by atoms with van der Waals surface area (Å²) in [4.78, 5) is 0. The number of halogens is 1. The van der Waals surface area contributed by atoms with E-state index in [9.17, 15) is 0 Å². The lowest BCUT2D eigenvalue weighted by atomic mass is 9.75. The summed E-state index contributed by atoms with van der Waals surface area (Å²) in [7, 11) is 1.80. The highest BCUT2D eigenvalue weighted by Crippen LogP contribution is 2.49. The molecule has 2 aliphatic rings. The van der Waals surface area contributed by atoms with Crippen LogP contribution in [0.25, 0.3) is 0 Å². The molecule has 0 bridgehead atoms. The van der Waals surface area contributed by atoms with Crippen molar-refractivity contribution < 1.29 is 4.74 Å². The molecule has 1 aromatic rings. The predicted octanol–water partition coefficient (Wildman–Crippen LogP) is 4.10. The smallest absolute Gasteiger partial charge is 0.0468 e. The van der Waals surface area contributed by atoms with Crippen LogP contribution in [-0.2, 0) is 4.74 Å². The van der Waals surface area contributed by atoms with Crippen molar-refractivity contribution in [1.82, 2.24) is 5.32 Å². The Labute approximate surface area is 130 Å². The van der Waals surface area contributed by atoms with Gasteiger partial charge in [0.15, 0.2) is 0 Å². The fourth-order valence-corrected chi connectivity index (χ4v) is 3.61. The summed E-state index contributed by atoms with van der Waals surface area (Å²) in [5.74, 6) is 0.749. The van der Waals surface area contributed by atoms with Gasteiger partial charge in [-0.1, -0.05) is 28.1 Å². The van der Waals surface area contributed by atoms with Crippen molar-refractivity contribution in [3.63, 3.8) is 0 Å². The number of nitrogens with one attached hydrogen (secondary N) is 1. The molecule has 0 aromatic heterocycles. The normalized spacial score (nSPS) is 27.1. The average molecular weight is 338 g/mol. The van der Waals surface area contributed by atoms with E-state index in [1.165, 1.54) is 48.7 Å². The highest BCUT2D eigenvalue weighted by Gasteiger charge is 2.42. The Morgan fingerprint density at radius 2 is 2.15 bits per heavy atom. The molecule has 0 unspecified atom stereocenters. The third-order valence-electron chi connectivity index (χ3n) is 5.02. The maximum atomic E-state index is 5.22. The summed E-state index contributed by atoms with van der Waals surface area (Å²) >= 11 is 3.56. The predicted molar refractivity (Wildman–Crippen MR) is 86.1 cm³/mol. The number of rotatable bonds is 7. The highest BCUT2D eigenvalue weighted by molar-refractivity contribution is 9.10. The Balaban J connectivity index is 1.40. The van der Waals surface area contributed by atoms with Crippen LogP contribution in [0.15, 0.2) is 28.7 Å². The molecule has 0 atom stereocenters. The van der Waals surface area contributed by atoms with E-state index in [1.807, 2.05) is 0 Å². The van der Waals surface area contributed by atoms with Crippen LogP contribution in [0, 0.1) is 5.41 Å². The lowest BCUT2D eigenvalue weighted by molar-refractivity contribution is 0.166. The van der Waals surface area contributed by atoms with Gasteiger partial charge < -0.3 is 10.1 Å². The molecule has 0 amide bonds. The maximum absolute atomic E-state index is 5.22. The number of hydrogen-bond donors (Lipinski definition) is 1. The van der Waals surface area contributed by atoms with E-state index in [1.54, 1.807) is 7.11 Å². The first-order valence-electron chi connectivity index (χ1n) is 7.69. The third kappa shape index (κ3) is 3.44. The molecule has 0 heterocycles. The number of methoxy groups -OCH3 is 1. The van der Waals surface area contributed by atoms with Crippen molar-refractivity contribution in [1.29, 1.82) is 0 Å². The van der Waals surface area contributed by atoms with Gasteiger partial charge in [0.05, 0.1) is 0 Å². The number of benzene rings is 1. The van der Waals surface area contributed by atoms with Gasteiger partial charge in [-0.15, -0.1) is 0 Å². The van der Waals surface area contributed by atoms with Gasteiger partial charge in [0.25, 0.3) is 0 Å². The Hall–Kier alpha value is -0.380. The monoisotopic (exact) mass is 337 g/mol. The Bertz CT molecular complexity index is 452. The summed E-state index contributed by atoms with van der Waals surface area (Å²) in [5.41, 5.74) is 2.05. The first-order valence-corrected chi connectivity index (χ1v) is 8.48. The SMILES string of the molecule is COCCC1(CNC2CC(c3cccc(Br)c3)C2)CC1. The molecular formula is C17H24BrNO. The van der Waals surface area contributed by atoms with Crippen LogP contribution in [0.2, 0.25) is 0 Å². The minimum absolute atomic E-state index is 0.566. The molecule has 2 saturated carbocycles. The molecule has 1 N–H and O–H groups in total. The zero-order valence-electron chi connectivity index (χ0n) is 12.2. The lowest BCUT2D eigenvalue weighted by Crippen LogP contribution is -2.42. The maximum Gasteiger partial charge on any atom is 0.0468 e.